The fraction of sp³-hybridized carbons (Fsp3) is 0.739. The maximum Gasteiger partial charge on any atom is 0.261 e. The van der Waals surface area contributed by atoms with Crippen molar-refractivity contribution in [1.82, 2.24) is 0 Å². The molecule has 0 aliphatic rings. The third-order valence-electron chi connectivity index (χ3n) is 9.97. The number of hydrogen-bond donors (Lipinski definition) is 0. The van der Waals surface area contributed by atoms with Crippen molar-refractivity contribution in [3.05, 3.63) is 60.7 Å². The minimum atomic E-state index is -2.53. The number of ether oxygens (including phenoxy) is 6. The summed E-state index contributed by atoms with van der Waals surface area (Å²) in [5.74, 6) is 0. The second kappa shape index (κ2) is 33.5. The summed E-state index contributed by atoms with van der Waals surface area (Å²) in [5, 5.41) is 2.52. The lowest BCUT2D eigenvalue weighted by Gasteiger charge is -2.43. The average molecular weight is 773 g/mol. The van der Waals surface area contributed by atoms with E-state index in [1.807, 2.05) is 0 Å². The van der Waals surface area contributed by atoms with Crippen LogP contribution in [0.3, 0.4) is 0 Å². The predicted molar refractivity (Wildman–Crippen MR) is 228 cm³/mol. The molecule has 7 nitrogen and oxygen atoms in total. The molecule has 0 heterocycles. The van der Waals surface area contributed by atoms with Gasteiger partial charge in [0, 0.05) is 6.61 Å². The smallest absolute Gasteiger partial charge is 0.261 e. The summed E-state index contributed by atoms with van der Waals surface area (Å²) in [4.78, 5) is 0. The molecule has 0 saturated carbocycles. The van der Waals surface area contributed by atoms with Gasteiger partial charge in [0.15, 0.2) is 0 Å². The van der Waals surface area contributed by atoms with Crippen LogP contribution in [0.4, 0.5) is 0 Å². The summed E-state index contributed by atoms with van der Waals surface area (Å²) in [6, 6.07) is 21.4. The molecule has 0 unspecified atom stereocenters. The van der Waals surface area contributed by atoms with Gasteiger partial charge < -0.3 is 32.8 Å². The standard InChI is InChI=1S/C46H80O7Si/c1-5-6-7-8-9-10-11-12-13-14-15-16-17-18-19-26-31-47-32-33-48-34-35-49-36-37-50-38-39-51-40-41-52-42-43-53-54(46(2,3)4,44-27-22-20-23-28-44)45-29-24-21-25-30-45/h20-25,27-30H,5-19,26,31-43H2,1-4H3. The van der Waals surface area contributed by atoms with Gasteiger partial charge in [-0.15, -0.1) is 0 Å². The molecular formula is C46H80O7Si. The van der Waals surface area contributed by atoms with Crippen LogP contribution in [0.15, 0.2) is 60.7 Å². The van der Waals surface area contributed by atoms with E-state index in [0.29, 0.717) is 79.3 Å². The van der Waals surface area contributed by atoms with Crippen molar-refractivity contribution in [1.29, 1.82) is 0 Å². The molecule has 0 saturated heterocycles. The van der Waals surface area contributed by atoms with E-state index in [4.69, 9.17) is 32.8 Å². The average Bonchev–Trinajstić information content (AvgIpc) is 3.18. The van der Waals surface area contributed by atoms with E-state index in [2.05, 4.69) is 88.4 Å². The molecule has 0 N–H and O–H groups in total. The summed E-state index contributed by atoms with van der Waals surface area (Å²) in [5.41, 5.74) is 0. The normalized spacial score (nSPS) is 12.1. The first-order valence-electron chi connectivity index (χ1n) is 21.7. The number of unbranched alkanes of at least 4 members (excludes halogenated alkanes) is 15. The van der Waals surface area contributed by atoms with Crippen LogP contribution >= 0.6 is 0 Å². The Hall–Kier alpha value is -1.62. The van der Waals surface area contributed by atoms with Crippen molar-refractivity contribution in [3.63, 3.8) is 0 Å². The fourth-order valence-corrected chi connectivity index (χ4v) is 11.5. The van der Waals surface area contributed by atoms with E-state index in [9.17, 15) is 0 Å². The van der Waals surface area contributed by atoms with Crippen LogP contribution < -0.4 is 10.4 Å². The molecule has 0 aromatic heterocycles. The van der Waals surface area contributed by atoms with Crippen molar-refractivity contribution in [2.45, 2.75) is 135 Å². The highest BCUT2D eigenvalue weighted by atomic mass is 28.4. The molecule has 0 atom stereocenters. The molecule has 0 amide bonds. The van der Waals surface area contributed by atoms with Crippen LogP contribution in [0.1, 0.15) is 130 Å². The Labute approximate surface area is 332 Å². The topological polar surface area (TPSA) is 64.6 Å². The summed E-state index contributed by atoms with van der Waals surface area (Å²) in [6.45, 7) is 16.7. The molecule has 0 fully saturated rings. The van der Waals surface area contributed by atoms with Crippen LogP contribution in [0.5, 0.6) is 0 Å². The van der Waals surface area contributed by atoms with E-state index in [-0.39, 0.29) is 5.04 Å². The first kappa shape index (κ1) is 48.5. The highest BCUT2D eigenvalue weighted by Gasteiger charge is 2.50. The minimum absolute atomic E-state index is 0.0441. The highest BCUT2D eigenvalue weighted by Crippen LogP contribution is 2.36. The number of rotatable bonds is 38. The molecule has 54 heavy (non-hydrogen) atoms. The molecule has 0 bridgehead atoms. The van der Waals surface area contributed by atoms with Crippen LogP contribution in [-0.4, -0.2) is 94.2 Å². The Kier molecular flexibility index (Phi) is 30.1. The van der Waals surface area contributed by atoms with Gasteiger partial charge in [0.2, 0.25) is 0 Å². The Balaban J connectivity index is 1.30. The van der Waals surface area contributed by atoms with Crippen LogP contribution in [0.2, 0.25) is 5.04 Å². The highest BCUT2D eigenvalue weighted by molar-refractivity contribution is 6.99. The van der Waals surface area contributed by atoms with Crippen molar-refractivity contribution in [2.24, 2.45) is 0 Å². The lowest BCUT2D eigenvalue weighted by atomic mass is 10.0. The molecule has 2 aromatic carbocycles. The van der Waals surface area contributed by atoms with E-state index in [1.165, 1.54) is 107 Å². The van der Waals surface area contributed by atoms with Crippen LogP contribution in [0.25, 0.3) is 0 Å². The molecule has 2 rings (SSSR count). The summed E-state index contributed by atoms with van der Waals surface area (Å²) >= 11 is 0. The Morgan fingerprint density at radius 3 is 0.944 bits per heavy atom. The van der Waals surface area contributed by atoms with E-state index in [0.717, 1.165) is 13.0 Å². The first-order valence-corrected chi connectivity index (χ1v) is 23.6. The molecule has 0 aliphatic heterocycles. The van der Waals surface area contributed by atoms with Gasteiger partial charge in [0.05, 0.1) is 79.3 Å². The molecule has 310 valence electrons. The zero-order valence-electron chi connectivity index (χ0n) is 35.1. The third kappa shape index (κ3) is 22.8. The largest absolute Gasteiger partial charge is 0.405 e. The van der Waals surface area contributed by atoms with Crippen molar-refractivity contribution in [3.8, 4) is 0 Å². The zero-order chi connectivity index (χ0) is 38.7. The van der Waals surface area contributed by atoms with Gasteiger partial charge in [-0.25, -0.2) is 0 Å². The fourth-order valence-electron chi connectivity index (χ4n) is 6.97. The van der Waals surface area contributed by atoms with Crippen LogP contribution in [-0.2, 0) is 32.8 Å². The summed E-state index contributed by atoms with van der Waals surface area (Å²) in [7, 11) is -2.53. The quantitative estimate of drug-likeness (QED) is 0.0498. The second-order valence-corrected chi connectivity index (χ2v) is 19.8. The molecule has 0 spiro atoms. The Morgan fingerprint density at radius 2 is 0.630 bits per heavy atom. The molecule has 8 heteroatoms. The van der Waals surface area contributed by atoms with Gasteiger partial charge in [-0.3, -0.25) is 0 Å². The van der Waals surface area contributed by atoms with Gasteiger partial charge in [-0.05, 0) is 21.8 Å². The van der Waals surface area contributed by atoms with Gasteiger partial charge in [-0.1, -0.05) is 185 Å². The van der Waals surface area contributed by atoms with Crippen LogP contribution in [0, 0.1) is 0 Å². The molecule has 2 aromatic rings. The molecule has 0 radical (unpaired) electrons. The Bertz CT molecular complexity index is 1030. The second-order valence-electron chi connectivity index (χ2n) is 15.5. The predicted octanol–water partition coefficient (Wildman–Crippen LogP) is 9.92. The maximum absolute atomic E-state index is 6.86. The van der Waals surface area contributed by atoms with Gasteiger partial charge >= 0.3 is 0 Å². The number of hydrogen-bond acceptors (Lipinski definition) is 7. The minimum Gasteiger partial charge on any atom is -0.405 e. The van der Waals surface area contributed by atoms with E-state index in [1.54, 1.807) is 0 Å². The monoisotopic (exact) mass is 773 g/mol. The van der Waals surface area contributed by atoms with Crippen molar-refractivity contribution < 1.29 is 32.8 Å². The SMILES string of the molecule is CCCCCCCCCCCCCCCCCCOCCOCCOCCOCCOCCOCCO[Si](c1ccccc1)(c1ccccc1)C(C)(C)C. The van der Waals surface area contributed by atoms with Crippen molar-refractivity contribution >= 4 is 18.7 Å². The van der Waals surface area contributed by atoms with E-state index < -0.39 is 8.32 Å². The lowest BCUT2D eigenvalue weighted by molar-refractivity contribution is -0.0180. The third-order valence-corrected chi connectivity index (χ3v) is 15.0. The van der Waals surface area contributed by atoms with E-state index >= 15 is 0 Å². The first-order chi connectivity index (χ1) is 26.5. The Morgan fingerprint density at radius 1 is 0.352 bits per heavy atom. The zero-order valence-corrected chi connectivity index (χ0v) is 36.1. The van der Waals surface area contributed by atoms with Gasteiger partial charge in [-0.2, -0.15) is 0 Å². The summed E-state index contributed by atoms with van der Waals surface area (Å²) < 4.78 is 41.0. The van der Waals surface area contributed by atoms with Gasteiger partial charge in [0.25, 0.3) is 8.32 Å². The molecule has 0 aliphatic carbocycles. The lowest BCUT2D eigenvalue weighted by Crippen LogP contribution is -2.66. The maximum atomic E-state index is 6.86. The van der Waals surface area contributed by atoms with Crippen molar-refractivity contribution in [2.75, 3.05) is 85.9 Å². The summed E-state index contributed by atoms with van der Waals surface area (Å²) in [6.07, 6.45) is 22.2. The molecular weight excluding hydrogens is 693 g/mol. The number of benzene rings is 2. The van der Waals surface area contributed by atoms with Gasteiger partial charge in [0.1, 0.15) is 0 Å².